The minimum absolute atomic E-state index is 0.00344. The molecule has 1 N–H and O–H groups in total. The topological polar surface area (TPSA) is 46.5 Å². The van der Waals surface area contributed by atoms with Gasteiger partial charge in [0.2, 0.25) is 0 Å². The molecule has 2 amide bonds. The van der Waals surface area contributed by atoms with Crippen molar-refractivity contribution in [1.82, 2.24) is 14.8 Å². The number of methoxy groups -OCH3 is 1. The predicted molar refractivity (Wildman–Crippen MR) is 94.0 cm³/mol. The monoisotopic (exact) mass is 327 g/mol. The van der Waals surface area contributed by atoms with Crippen LogP contribution >= 0.6 is 0 Å². The number of benzene rings is 1. The summed E-state index contributed by atoms with van der Waals surface area (Å²) in [6.45, 7) is 4.27. The number of carbonyl (C=O) groups excluding carboxylic acids is 1. The quantitative estimate of drug-likeness (QED) is 0.912. The number of ether oxygens (including phenoxy) is 1. The Morgan fingerprint density at radius 2 is 2.17 bits per heavy atom. The average Bonchev–Trinajstić information content (AvgIpc) is 3.09. The average molecular weight is 327 g/mol. The standard InChI is InChI=1S/C19H25N3O2/c1-3-6-18-17-9-5-10-21(17)11-12-22(18)19(23)20-14-15-7-4-8-16(13-15)24-2/h4-5,7-10,13,18H,3,6,11-12,14H2,1-2H3,(H,20,23). The molecule has 3 rings (SSSR count). The Labute approximate surface area is 143 Å². The van der Waals surface area contributed by atoms with E-state index in [2.05, 4.69) is 35.1 Å². The third-order valence-electron chi connectivity index (χ3n) is 4.56. The normalized spacial score (nSPS) is 16.6. The SMILES string of the molecule is CCCC1c2cccn2CCN1C(=O)NCc1cccc(OC)c1. The molecule has 0 fully saturated rings. The molecule has 0 spiro atoms. The smallest absolute Gasteiger partial charge is 0.318 e. The minimum Gasteiger partial charge on any atom is -0.497 e. The van der Waals surface area contributed by atoms with Crippen LogP contribution in [0.5, 0.6) is 5.75 Å². The van der Waals surface area contributed by atoms with Crippen molar-refractivity contribution in [3.8, 4) is 5.75 Å². The maximum atomic E-state index is 12.7. The van der Waals surface area contributed by atoms with E-state index in [9.17, 15) is 4.79 Å². The highest BCUT2D eigenvalue weighted by atomic mass is 16.5. The van der Waals surface area contributed by atoms with Gasteiger partial charge < -0.3 is 19.5 Å². The van der Waals surface area contributed by atoms with E-state index in [-0.39, 0.29) is 12.1 Å². The molecule has 0 saturated carbocycles. The molecule has 0 bridgehead atoms. The van der Waals surface area contributed by atoms with E-state index < -0.39 is 0 Å². The summed E-state index contributed by atoms with van der Waals surface area (Å²) in [6, 6.07) is 12.1. The van der Waals surface area contributed by atoms with Gasteiger partial charge in [-0.05, 0) is 36.2 Å². The van der Waals surface area contributed by atoms with E-state index in [0.29, 0.717) is 6.54 Å². The fourth-order valence-electron chi connectivity index (χ4n) is 3.35. The summed E-state index contributed by atoms with van der Waals surface area (Å²) >= 11 is 0. The maximum absolute atomic E-state index is 12.7. The lowest BCUT2D eigenvalue weighted by Crippen LogP contribution is -2.46. The number of aromatic nitrogens is 1. The van der Waals surface area contributed by atoms with Crippen LogP contribution in [0.2, 0.25) is 0 Å². The van der Waals surface area contributed by atoms with Gasteiger partial charge in [-0.15, -0.1) is 0 Å². The summed E-state index contributed by atoms with van der Waals surface area (Å²) in [6.07, 6.45) is 4.13. The highest BCUT2D eigenvalue weighted by Crippen LogP contribution is 2.29. The van der Waals surface area contributed by atoms with Crippen molar-refractivity contribution in [2.75, 3.05) is 13.7 Å². The Morgan fingerprint density at radius 1 is 1.29 bits per heavy atom. The van der Waals surface area contributed by atoms with Crippen LogP contribution in [-0.4, -0.2) is 29.2 Å². The van der Waals surface area contributed by atoms with Gasteiger partial charge in [-0.25, -0.2) is 4.79 Å². The van der Waals surface area contributed by atoms with Crippen LogP contribution in [0.4, 0.5) is 4.79 Å². The molecule has 0 saturated heterocycles. The number of urea groups is 1. The van der Waals surface area contributed by atoms with Crippen molar-refractivity contribution < 1.29 is 9.53 Å². The molecule has 1 aliphatic heterocycles. The van der Waals surface area contributed by atoms with Gasteiger partial charge in [-0.2, -0.15) is 0 Å². The number of nitrogens with zero attached hydrogens (tertiary/aromatic N) is 2. The van der Waals surface area contributed by atoms with Gasteiger partial charge in [0.05, 0.1) is 13.2 Å². The van der Waals surface area contributed by atoms with Gasteiger partial charge in [0.25, 0.3) is 0 Å². The van der Waals surface area contributed by atoms with Gasteiger partial charge in [-0.1, -0.05) is 25.5 Å². The Morgan fingerprint density at radius 3 is 2.96 bits per heavy atom. The lowest BCUT2D eigenvalue weighted by Gasteiger charge is -2.37. The lowest BCUT2D eigenvalue weighted by atomic mass is 10.0. The number of fused-ring (bicyclic) bond motifs is 1. The third-order valence-corrected chi connectivity index (χ3v) is 4.56. The Balaban J connectivity index is 1.67. The number of hydrogen-bond donors (Lipinski definition) is 1. The molecule has 5 nitrogen and oxygen atoms in total. The van der Waals surface area contributed by atoms with Crippen LogP contribution < -0.4 is 10.1 Å². The summed E-state index contributed by atoms with van der Waals surface area (Å²) in [5.74, 6) is 0.807. The van der Waals surface area contributed by atoms with Crippen molar-refractivity contribution in [2.24, 2.45) is 0 Å². The zero-order chi connectivity index (χ0) is 16.9. The van der Waals surface area contributed by atoms with E-state index >= 15 is 0 Å². The molecule has 1 unspecified atom stereocenters. The molecule has 5 heteroatoms. The number of hydrogen-bond acceptors (Lipinski definition) is 2. The Bertz CT molecular complexity index is 695. The first kappa shape index (κ1) is 16.4. The van der Waals surface area contributed by atoms with E-state index in [0.717, 1.165) is 37.2 Å². The van der Waals surface area contributed by atoms with Crippen LogP contribution in [0.25, 0.3) is 0 Å². The van der Waals surface area contributed by atoms with Crippen molar-refractivity contribution in [3.63, 3.8) is 0 Å². The second kappa shape index (κ2) is 7.43. The van der Waals surface area contributed by atoms with Crippen molar-refractivity contribution in [1.29, 1.82) is 0 Å². The summed E-state index contributed by atoms with van der Waals surface area (Å²) in [4.78, 5) is 14.7. The molecule has 2 heterocycles. The zero-order valence-corrected chi connectivity index (χ0v) is 14.4. The molecule has 128 valence electrons. The van der Waals surface area contributed by atoms with E-state index in [1.165, 1.54) is 5.69 Å². The van der Waals surface area contributed by atoms with E-state index in [1.807, 2.05) is 29.2 Å². The molecule has 1 aliphatic rings. The number of carbonyl (C=O) groups is 1. The van der Waals surface area contributed by atoms with Crippen LogP contribution in [0, 0.1) is 0 Å². The van der Waals surface area contributed by atoms with Crippen LogP contribution in [0.3, 0.4) is 0 Å². The summed E-state index contributed by atoms with van der Waals surface area (Å²) < 4.78 is 7.49. The second-order valence-electron chi connectivity index (χ2n) is 6.13. The van der Waals surface area contributed by atoms with Gasteiger partial charge in [0.15, 0.2) is 0 Å². The number of rotatable bonds is 5. The van der Waals surface area contributed by atoms with Crippen LogP contribution in [0.1, 0.15) is 37.1 Å². The first-order valence-electron chi connectivity index (χ1n) is 8.55. The fraction of sp³-hybridized carbons (Fsp3) is 0.421. The largest absolute Gasteiger partial charge is 0.497 e. The lowest BCUT2D eigenvalue weighted by molar-refractivity contribution is 0.150. The van der Waals surface area contributed by atoms with Crippen molar-refractivity contribution in [2.45, 2.75) is 38.9 Å². The second-order valence-corrected chi connectivity index (χ2v) is 6.13. The van der Waals surface area contributed by atoms with Gasteiger partial charge >= 0.3 is 6.03 Å². The molecular formula is C19H25N3O2. The molecule has 0 radical (unpaired) electrons. The molecule has 1 atom stereocenters. The predicted octanol–water partition coefficient (Wildman–Crippen LogP) is 3.56. The van der Waals surface area contributed by atoms with Crippen molar-refractivity contribution in [3.05, 3.63) is 53.9 Å². The molecule has 0 aliphatic carbocycles. The molecule has 1 aromatic carbocycles. The van der Waals surface area contributed by atoms with E-state index in [4.69, 9.17) is 4.74 Å². The summed E-state index contributed by atoms with van der Waals surface area (Å²) in [7, 11) is 1.65. The van der Waals surface area contributed by atoms with Crippen LogP contribution in [-0.2, 0) is 13.1 Å². The first-order chi connectivity index (χ1) is 11.7. The molecule has 1 aromatic heterocycles. The summed E-state index contributed by atoms with van der Waals surface area (Å²) in [5, 5.41) is 3.05. The minimum atomic E-state index is 0.00344. The van der Waals surface area contributed by atoms with E-state index in [1.54, 1.807) is 7.11 Å². The first-order valence-corrected chi connectivity index (χ1v) is 8.55. The number of amides is 2. The van der Waals surface area contributed by atoms with Gasteiger partial charge in [0.1, 0.15) is 5.75 Å². The van der Waals surface area contributed by atoms with Gasteiger partial charge in [0, 0.05) is 31.5 Å². The molecule has 2 aromatic rings. The number of nitrogens with one attached hydrogen (secondary N) is 1. The Kier molecular flexibility index (Phi) is 5.08. The van der Waals surface area contributed by atoms with Gasteiger partial charge in [-0.3, -0.25) is 0 Å². The molecule has 24 heavy (non-hydrogen) atoms. The highest BCUT2D eigenvalue weighted by Gasteiger charge is 2.29. The van der Waals surface area contributed by atoms with Crippen molar-refractivity contribution >= 4 is 6.03 Å². The Hall–Kier alpha value is -2.43. The highest BCUT2D eigenvalue weighted by molar-refractivity contribution is 5.75. The third kappa shape index (κ3) is 3.40. The van der Waals surface area contributed by atoms with Crippen LogP contribution in [0.15, 0.2) is 42.6 Å². The molecular weight excluding hydrogens is 302 g/mol. The summed E-state index contributed by atoms with van der Waals surface area (Å²) in [5.41, 5.74) is 2.27. The maximum Gasteiger partial charge on any atom is 0.318 e. The zero-order valence-electron chi connectivity index (χ0n) is 14.4. The fourth-order valence-corrected chi connectivity index (χ4v) is 3.35.